The molecule has 4 heterocycles. The van der Waals surface area contributed by atoms with Crippen molar-refractivity contribution in [2.24, 2.45) is 23.7 Å². The van der Waals surface area contributed by atoms with Gasteiger partial charge in [-0.3, -0.25) is 9.59 Å². The molecule has 0 radical (unpaired) electrons. The minimum absolute atomic E-state index is 0.0000207. The number of nitrogens with zero attached hydrogens (tertiary/aromatic N) is 5. The first kappa shape index (κ1) is 22.6. The number of hydrogen-bond donors (Lipinski definition) is 1. The second kappa shape index (κ2) is 8.36. The summed E-state index contributed by atoms with van der Waals surface area (Å²) in [5, 5.41) is 8.13. The summed E-state index contributed by atoms with van der Waals surface area (Å²) in [6, 6.07) is 1.70. The molecule has 2 saturated carbocycles. The van der Waals surface area contributed by atoms with Gasteiger partial charge in [0.2, 0.25) is 11.8 Å². The molecule has 4 amide bonds. The van der Waals surface area contributed by atoms with Crippen LogP contribution in [0.3, 0.4) is 0 Å². The van der Waals surface area contributed by atoms with E-state index < -0.39 is 11.8 Å². The summed E-state index contributed by atoms with van der Waals surface area (Å²) < 4.78 is -0.359. The lowest BCUT2D eigenvalue weighted by atomic mass is 9.94. The standard InChI is InChI=1S/C25H33N6O4/c26-21-7-19-14-31(6-5-20(19)27-28-21,24(34)17-8-22(32)29(12-17)10-15-1-2-15)25(35)18-9-23(33)30(13-18)11-16-3-4-16/h7,15-18H,1-6,8-14H2,(H2,26,28)/q+1/t17-,18+,31?. The number of nitrogen functional groups attached to an aromatic ring is 1. The van der Waals surface area contributed by atoms with Crippen LogP contribution >= 0.6 is 0 Å². The number of amides is 4. The molecule has 35 heavy (non-hydrogen) atoms. The van der Waals surface area contributed by atoms with Crippen LogP contribution in [0.5, 0.6) is 0 Å². The van der Waals surface area contributed by atoms with Crippen LogP contribution in [0.25, 0.3) is 0 Å². The van der Waals surface area contributed by atoms with Gasteiger partial charge in [0.15, 0.2) is 0 Å². The van der Waals surface area contributed by atoms with Gasteiger partial charge in [-0.1, -0.05) is 0 Å². The van der Waals surface area contributed by atoms with Crippen LogP contribution in [-0.4, -0.2) is 80.8 Å². The van der Waals surface area contributed by atoms with Crippen molar-refractivity contribution in [1.29, 1.82) is 0 Å². The summed E-state index contributed by atoms with van der Waals surface area (Å²) in [5.74, 6) is -0.0865. The Morgan fingerprint density at radius 3 is 1.97 bits per heavy atom. The average Bonchev–Trinajstić information content (AvgIpc) is 3.76. The fourth-order valence-electron chi connectivity index (χ4n) is 6.12. The van der Waals surface area contributed by atoms with Crippen LogP contribution in [0.1, 0.15) is 49.8 Å². The van der Waals surface area contributed by atoms with Crippen LogP contribution in [0, 0.1) is 23.7 Å². The van der Waals surface area contributed by atoms with E-state index in [0.29, 0.717) is 44.4 Å². The highest BCUT2D eigenvalue weighted by atomic mass is 16.2. The minimum Gasteiger partial charge on any atom is -0.382 e. The van der Waals surface area contributed by atoms with Gasteiger partial charge in [-0.25, -0.2) is 9.59 Å². The van der Waals surface area contributed by atoms with Crippen molar-refractivity contribution >= 4 is 29.4 Å². The van der Waals surface area contributed by atoms with E-state index in [9.17, 15) is 19.2 Å². The number of nitrogens with two attached hydrogens (primary N) is 1. The maximum Gasteiger partial charge on any atom is 0.326 e. The Morgan fingerprint density at radius 2 is 1.46 bits per heavy atom. The van der Waals surface area contributed by atoms with E-state index in [1.165, 1.54) is 0 Å². The van der Waals surface area contributed by atoms with Gasteiger partial charge in [0.05, 0.1) is 12.2 Å². The number of quaternary nitrogens is 1. The van der Waals surface area contributed by atoms with E-state index in [1.807, 2.05) is 0 Å². The zero-order chi connectivity index (χ0) is 24.3. The summed E-state index contributed by atoms with van der Waals surface area (Å²) in [7, 11) is 0. The van der Waals surface area contributed by atoms with E-state index >= 15 is 0 Å². The highest BCUT2D eigenvalue weighted by Crippen LogP contribution is 2.37. The zero-order valence-corrected chi connectivity index (χ0v) is 20.0. The van der Waals surface area contributed by atoms with Crippen molar-refractivity contribution in [1.82, 2.24) is 20.0 Å². The van der Waals surface area contributed by atoms with Gasteiger partial charge in [-0.15, -0.1) is 5.10 Å². The molecule has 5 aliphatic rings. The molecular weight excluding hydrogens is 448 g/mol. The molecule has 186 valence electrons. The Balaban J connectivity index is 1.28. The fourth-order valence-corrected chi connectivity index (χ4v) is 6.12. The van der Waals surface area contributed by atoms with Crippen LogP contribution in [-0.2, 0) is 32.1 Å². The molecule has 6 rings (SSSR count). The third-order valence-electron chi connectivity index (χ3n) is 8.47. The van der Waals surface area contributed by atoms with Crippen LogP contribution < -0.4 is 5.73 Å². The lowest BCUT2D eigenvalue weighted by Crippen LogP contribution is -2.63. The van der Waals surface area contributed by atoms with E-state index in [-0.39, 0.29) is 59.9 Å². The van der Waals surface area contributed by atoms with E-state index in [2.05, 4.69) is 10.2 Å². The summed E-state index contributed by atoms with van der Waals surface area (Å²) in [6.45, 7) is 2.61. The second-order valence-electron chi connectivity index (χ2n) is 11.3. The Bertz CT molecular complexity index is 1040. The number of carbonyl (C=O) groups excluding carboxylic acids is 4. The summed E-state index contributed by atoms with van der Waals surface area (Å²) in [6.07, 6.45) is 5.26. The van der Waals surface area contributed by atoms with E-state index in [0.717, 1.165) is 36.9 Å². The number of carbonyl (C=O) groups is 4. The maximum atomic E-state index is 14.2. The number of aromatic nitrogens is 2. The summed E-state index contributed by atoms with van der Waals surface area (Å²) in [5.41, 5.74) is 7.40. The molecule has 1 aromatic heterocycles. The SMILES string of the molecule is Nc1cc2c(nn1)CC[N+](C(=O)[C@@H]1CC(=O)N(CC3CC3)C1)(C(=O)[C@H]1CC(=O)N(CC3CC3)C1)C2. The van der Waals surface area contributed by atoms with Crippen LogP contribution in [0.4, 0.5) is 5.82 Å². The smallest absolute Gasteiger partial charge is 0.326 e. The normalized spacial score (nSPS) is 30.6. The number of rotatable bonds is 6. The molecule has 10 heteroatoms. The lowest BCUT2D eigenvalue weighted by Gasteiger charge is -2.39. The maximum absolute atomic E-state index is 14.2. The third-order valence-corrected chi connectivity index (χ3v) is 8.47. The lowest BCUT2D eigenvalue weighted by molar-refractivity contribution is -0.799. The molecule has 2 saturated heterocycles. The molecule has 10 nitrogen and oxygen atoms in total. The molecule has 2 aliphatic carbocycles. The van der Waals surface area contributed by atoms with Gasteiger partial charge in [-0.05, 0) is 43.6 Å². The van der Waals surface area contributed by atoms with Gasteiger partial charge >= 0.3 is 11.8 Å². The van der Waals surface area contributed by atoms with Crippen molar-refractivity contribution in [2.75, 3.05) is 38.5 Å². The highest BCUT2D eigenvalue weighted by molar-refractivity contribution is 5.94. The first-order valence-electron chi connectivity index (χ1n) is 12.9. The van der Waals surface area contributed by atoms with Gasteiger partial charge < -0.3 is 15.5 Å². The summed E-state index contributed by atoms with van der Waals surface area (Å²) >= 11 is 0. The number of anilines is 1. The van der Waals surface area contributed by atoms with Crippen molar-refractivity contribution in [3.63, 3.8) is 0 Å². The van der Waals surface area contributed by atoms with Crippen molar-refractivity contribution in [2.45, 2.75) is 51.5 Å². The molecule has 2 N–H and O–H groups in total. The first-order valence-corrected chi connectivity index (χ1v) is 12.9. The Morgan fingerprint density at radius 1 is 0.914 bits per heavy atom. The van der Waals surface area contributed by atoms with Gasteiger partial charge in [0, 0.05) is 51.0 Å². The highest BCUT2D eigenvalue weighted by Gasteiger charge is 2.56. The van der Waals surface area contributed by atoms with Crippen molar-refractivity contribution in [3.05, 3.63) is 17.3 Å². The van der Waals surface area contributed by atoms with Gasteiger partial charge in [0.25, 0.3) is 0 Å². The summed E-state index contributed by atoms with van der Waals surface area (Å²) in [4.78, 5) is 57.3. The molecule has 0 aromatic carbocycles. The molecule has 1 aromatic rings. The topological polar surface area (TPSA) is 127 Å². The average molecular weight is 482 g/mol. The monoisotopic (exact) mass is 481 g/mol. The Hall–Kier alpha value is -2.88. The van der Waals surface area contributed by atoms with Gasteiger partial charge in [0.1, 0.15) is 24.2 Å². The Labute approximate surface area is 204 Å². The van der Waals surface area contributed by atoms with Crippen LogP contribution in [0.2, 0.25) is 0 Å². The number of fused-ring (bicyclic) bond motifs is 1. The van der Waals surface area contributed by atoms with E-state index in [4.69, 9.17) is 5.73 Å². The quantitative estimate of drug-likeness (QED) is 0.463. The van der Waals surface area contributed by atoms with Crippen molar-refractivity contribution in [3.8, 4) is 0 Å². The molecule has 4 fully saturated rings. The zero-order valence-electron chi connectivity index (χ0n) is 20.0. The third kappa shape index (κ3) is 4.22. The largest absolute Gasteiger partial charge is 0.382 e. The molecule has 1 unspecified atom stereocenters. The molecule has 0 spiro atoms. The fraction of sp³-hybridized carbons (Fsp3) is 0.680. The Kier molecular flexibility index (Phi) is 5.39. The first-order chi connectivity index (χ1) is 16.8. The molecule has 3 aliphatic heterocycles. The molecule has 3 atom stereocenters. The number of imide groups is 1. The predicted molar refractivity (Wildman–Crippen MR) is 124 cm³/mol. The molecule has 0 bridgehead atoms. The van der Waals surface area contributed by atoms with Crippen molar-refractivity contribution < 1.29 is 23.7 Å². The predicted octanol–water partition coefficient (Wildman–Crippen LogP) is 0.502. The van der Waals surface area contributed by atoms with Crippen LogP contribution in [0.15, 0.2) is 6.07 Å². The number of likely N-dealkylation sites (tertiary alicyclic amines) is 2. The minimum atomic E-state index is -0.515. The number of hydrogen-bond acceptors (Lipinski definition) is 7. The van der Waals surface area contributed by atoms with E-state index in [1.54, 1.807) is 15.9 Å². The van der Waals surface area contributed by atoms with Gasteiger partial charge in [-0.2, -0.15) is 9.58 Å². The molecular formula is C25H33N6O4+. The second-order valence-corrected chi connectivity index (χ2v) is 11.3.